The van der Waals surface area contributed by atoms with Crippen molar-refractivity contribution in [2.75, 3.05) is 19.8 Å². The van der Waals surface area contributed by atoms with Gasteiger partial charge in [-0.2, -0.15) is 0 Å². The van der Waals surface area contributed by atoms with Crippen LogP contribution >= 0.6 is 11.6 Å². The van der Waals surface area contributed by atoms with E-state index in [4.69, 9.17) is 16.3 Å². The quantitative estimate of drug-likeness (QED) is 0.707. The van der Waals surface area contributed by atoms with Crippen molar-refractivity contribution in [1.82, 2.24) is 15.3 Å². The maximum absolute atomic E-state index is 13.1. The Kier molecular flexibility index (Phi) is 5.14. The molecule has 5 nitrogen and oxygen atoms in total. The Hall–Kier alpha value is -2.37. The summed E-state index contributed by atoms with van der Waals surface area (Å²) < 4.78 is 5.51. The van der Waals surface area contributed by atoms with Gasteiger partial charge in [-0.15, -0.1) is 0 Å². The van der Waals surface area contributed by atoms with E-state index in [9.17, 15) is 4.79 Å². The third-order valence-electron chi connectivity index (χ3n) is 5.26. The Morgan fingerprint density at radius 2 is 1.89 bits per heavy atom. The number of aromatic nitrogens is 2. The number of imidazole rings is 1. The van der Waals surface area contributed by atoms with Crippen molar-refractivity contribution in [2.45, 2.75) is 24.7 Å². The molecule has 2 heterocycles. The predicted octanol–water partition coefficient (Wildman–Crippen LogP) is 3.62. The van der Waals surface area contributed by atoms with Crippen LogP contribution in [0, 0.1) is 0 Å². The Labute approximate surface area is 163 Å². The molecule has 0 saturated carbocycles. The fourth-order valence-corrected chi connectivity index (χ4v) is 3.85. The molecule has 0 radical (unpaired) electrons. The first-order valence-corrected chi connectivity index (χ1v) is 9.61. The molecule has 2 N–H and O–H groups in total. The van der Waals surface area contributed by atoms with Crippen LogP contribution in [0.4, 0.5) is 0 Å². The number of hydrogen-bond donors (Lipinski definition) is 2. The summed E-state index contributed by atoms with van der Waals surface area (Å²) in [6.45, 7) is 1.70. The summed E-state index contributed by atoms with van der Waals surface area (Å²) in [4.78, 5) is 21.0. The van der Waals surface area contributed by atoms with Crippen molar-refractivity contribution >= 4 is 28.5 Å². The number of carbonyl (C=O) groups is 1. The van der Waals surface area contributed by atoms with Crippen molar-refractivity contribution in [3.8, 4) is 0 Å². The number of para-hydroxylation sites is 2. The third kappa shape index (κ3) is 3.70. The minimum atomic E-state index is -0.559. The van der Waals surface area contributed by atoms with Crippen LogP contribution in [0.3, 0.4) is 0 Å². The standard InChI is InChI=1S/C21H22ClN3O2/c22-16-7-5-15(6-8-16)21(10-13-27-14-11-21)20(26)23-12-9-19-24-17-3-1-2-4-18(17)25-19/h1-8H,9-14H2,(H,23,26)(H,24,25). The van der Waals surface area contributed by atoms with E-state index in [-0.39, 0.29) is 5.91 Å². The number of aromatic amines is 1. The van der Waals surface area contributed by atoms with Crippen molar-refractivity contribution < 1.29 is 9.53 Å². The van der Waals surface area contributed by atoms with Gasteiger partial charge in [-0.1, -0.05) is 35.9 Å². The maximum Gasteiger partial charge on any atom is 0.230 e. The number of H-pyrrole nitrogens is 1. The molecule has 6 heteroatoms. The molecule has 1 amide bonds. The number of carbonyl (C=O) groups excluding carboxylic acids is 1. The zero-order valence-corrected chi connectivity index (χ0v) is 15.8. The maximum atomic E-state index is 13.1. The summed E-state index contributed by atoms with van der Waals surface area (Å²) >= 11 is 6.02. The molecule has 1 saturated heterocycles. The number of halogens is 1. The highest BCUT2D eigenvalue weighted by Crippen LogP contribution is 2.35. The second-order valence-electron chi connectivity index (χ2n) is 6.91. The predicted molar refractivity (Wildman–Crippen MR) is 106 cm³/mol. The van der Waals surface area contributed by atoms with E-state index >= 15 is 0 Å². The average Bonchev–Trinajstić information content (AvgIpc) is 3.11. The van der Waals surface area contributed by atoms with Gasteiger partial charge in [-0.3, -0.25) is 4.79 Å². The molecule has 0 aliphatic carbocycles. The summed E-state index contributed by atoms with van der Waals surface area (Å²) in [5, 5.41) is 3.78. The molecular weight excluding hydrogens is 362 g/mol. The second-order valence-corrected chi connectivity index (χ2v) is 7.34. The van der Waals surface area contributed by atoms with Gasteiger partial charge in [0.15, 0.2) is 0 Å². The first-order valence-electron chi connectivity index (χ1n) is 9.23. The normalized spacial score (nSPS) is 16.3. The topological polar surface area (TPSA) is 67.0 Å². The van der Waals surface area contributed by atoms with Crippen LogP contribution in [0.1, 0.15) is 24.2 Å². The Balaban J connectivity index is 1.46. The highest BCUT2D eigenvalue weighted by Gasteiger charge is 2.41. The van der Waals surface area contributed by atoms with Crippen molar-refractivity contribution in [1.29, 1.82) is 0 Å². The number of ether oxygens (including phenoxy) is 1. The van der Waals surface area contributed by atoms with Crippen molar-refractivity contribution in [3.63, 3.8) is 0 Å². The molecule has 27 heavy (non-hydrogen) atoms. The van der Waals surface area contributed by atoms with Crippen LogP contribution in [0.5, 0.6) is 0 Å². The SMILES string of the molecule is O=C(NCCc1nc2ccccc2[nH]1)C1(c2ccc(Cl)cc2)CCOCC1. The molecule has 1 aliphatic rings. The van der Waals surface area contributed by atoms with E-state index in [0.29, 0.717) is 44.0 Å². The fraction of sp³-hybridized carbons (Fsp3) is 0.333. The van der Waals surface area contributed by atoms with Crippen LogP contribution in [0.2, 0.25) is 5.02 Å². The van der Waals surface area contributed by atoms with Crippen LogP contribution < -0.4 is 5.32 Å². The van der Waals surface area contributed by atoms with Gasteiger partial charge in [0.05, 0.1) is 16.4 Å². The second kappa shape index (κ2) is 7.71. The average molecular weight is 384 g/mol. The zero-order valence-electron chi connectivity index (χ0n) is 15.0. The number of hydrogen-bond acceptors (Lipinski definition) is 3. The third-order valence-corrected chi connectivity index (χ3v) is 5.52. The van der Waals surface area contributed by atoms with Gasteiger partial charge in [0, 0.05) is 31.2 Å². The van der Waals surface area contributed by atoms with Crippen LogP contribution in [-0.4, -0.2) is 35.6 Å². The molecule has 0 atom stereocenters. The molecule has 0 spiro atoms. The first kappa shape index (κ1) is 18.0. The van der Waals surface area contributed by atoms with Crippen molar-refractivity contribution in [3.05, 3.63) is 64.9 Å². The van der Waals surface area contributed by atoms with E-state index in [1.54, 1.807) is 0 Å². The number of fused-ring (bicyclic) bond motifs is 1. The molecule has 4 rings (SSSR count). The molecule has 3 aromatic rings. The largest absolute Gasteiger partial charge is 0.381 e. The van der Waals surface area contributed by atoms with E-state index in [0.717, 1.165) is 22.4 Å². The molecule has 0 bridgehead atoms. The highest BCUT2D eigenvalue weighted by molar-refractivity contribution is 6.30. The van der Waals surface area contributed by atoms with Crippen molar-refractivity contribution in [2.24, 2.45) is 0 Å². The highest BCUT2D eigenvalue weighted by atomic mass is 35.5. The molecule has 2 aromatic carbocycles. The number of nitrogens with zero attached hydrogens (tertiary/aromatic N) is 1. The van der Waals surface area contributed by atoms with Crippen LogP contribution in [0.15, 0.2) is 48.5 Å². The Morgan fingerprint density at radius 3 is 2.63 bits per heavy atom. The summed E-state index contributed by atoms with van der Waals surface area (Å²) in [6.07, 6.45) is 2.00. The summed E-state index contributed by atoms with van der Waals surface area (Å²) in [6, 6.07) is 15.5. The number of rotatable bonds is 5. The smallest absolute Gasteiger partial charge is 0.230 e. The lowest BCUT2D eigenvalue weighted by Crippen LogP contribution is -2.48. The fourth-order valence-electron chi connectivity index (χ4n) is 3.72. The van der Waals surface area contributed by atoms with E-state index in [2.05, 4.69) is 15.3 Å². The molecule has 140 valence electrons. The lowest BCUT2D eigenvalue weighted by Gasteiger charge is -2.36. The number of amides is 1. The number of nitrogens with one attached hydrogen (secondary N) is 2. The Bertz CT molecular complexity index is 897. The lowest BCUT2D eigenvalue weighted by molar-refractivity contribution is -0.130. The summed E-state index contributed by atoms with van der Waals surface area (Å²) in [5.74, 6) is 0.924. The monoisotopic (exact) mass is 383 g/mol. The van der Waals surface area contributed by atoms with Gasteiger partial charge in [-0.05, 0) is 42.7 Å². The molecule has 1 aromatic heterocycles. The van der Waals surface area contributed by atoms with Crippen LogP contribution in [0.25, 0.3) is 11.0 Å². The van der Waals surface area contributed by atoms with Crippen LogP contribution in [-0.2, 0) is 21.4 Å². The zero-order chi connectivity index (χ0) is 18.7. The van der Waals surface area contributed by atoms with E-state index < -0.39 is 5.41 Å². The minimum absolute atomic E-state index is 0.0456. The molecule has 1 aliphatic heterocycles. The number of benzene rings is 2. The van der Waals surface area contributed by atoms with Gasteiger partial charge in [-0.25, -0.2) is 4.98 Å². The van der Waals surface area contributed by atoms with Gasteiger partial charge in [0.25, 0.3) is 0 Å². The van der Waals surface area contributed by atoms with E-state index in [1.165, 1.54) is 0 Å². The summed E-state index contributed by atoms with van der Waals surface area (Å²) in [5.41, 5.74) is 2.40. The van der Waals surface area contributed by atoms with E-state index in [1.807, 2.05) is 48.5 Å². The van der Waals surface area contributed by atoms with Gasteiger partial charge >= 0.3 is 0 Å². The van der Waals surface area contributed by atoms with Gasteiger partial charge < -0.3 is 15.0 Å². The minimum Gasteiger partial charge on any atom is -0.381 e. The van der Waals surface area contributed by atoms with Gasteiger partial charge in [0.2, 0.25) is 5.91 Å². The van der Waals surface area contributed by atoms with Gasteiger partial charge in [0.1, 0.15) is 5.82 Å². The molecule has 0 unspecified atom stereocenters. The first-order chi connectivity index (χ1) is 13.2. The molecule has 1 fully saturated rings. The lowest BCUT2D eigenvalue weighted by atomic mass is 9.73. The summed E-state index contributed by atoms with van der Waals surface area (Å²) in [7, 11) is 0. The molecular formula is C21H22ClN3O2. The Morgan fingerprint density at radius 1 is 1.15 bits per heavy atom.